The zero-order chi connectivity index (χ0) is 17.0. The lowest BCUT2D eigenvalue weighted by Gasteiger charge is -2.20. The van der Waals surface area contributed by atoms with Gasteiger partial charge in [0.15, 0.2) is 0 Å². The van der Waals surface area contributed by atoms with Gasteiger partial charge in [0.2, 0.25) is 0 Å². The number of methoxy groups -OCH3 is 1. The van der Waals surface area contributed by atoms with Crippen LogP contribution in [-0.2, 0) is 12.7 Å². The summed E-state index contributed by atoms with van der Waals surface area (Å²) in [4.78, 5) is 13.6. The lowest BCUT2D eigenvalue weighted by atomic mass is 10.1. The molecule has 0 heterocycles. The number of ether oxygens (including phenoxy) is 1. The van der Waals surface area contributed by atoms with Crippen LogP contribution in [0, 0.1) is 0 Å². The molecule has 23 heavy (non-hydrogen) atoms. The van der Waals surface area contributed by atoms with Gasteiger partial charge in [-0.1, -0.05) is 24.3 Å². The van der Waals surface area contributed by atoms with Gasteiger partial charge >= 0.3 is 6.18 Å². The van der Waals surface area contributed by atoms with Crippen molar-refractivity contribution in [2.45, 2.75) is 12.7 Å². The van der Waals surface area contributed by atoms with Crippen molar-refractivity contribution >= 4 is 5.91 Å². The highest BCUT2D eigenvalue weighted by atomic mass is 19.4. The number of nitrogens with zero attached hydrogens (tertiary/aromatic N) is 1. The molecule has 0 radical (unpaired) electrons. The number of hydrogen-bond acceptors (Lipinski definition) is 2. The number of alkyl halides is 3. The van der Waals surface area contributed by atoms with Gasteiger partial charge in [0.1, 0.15) is 5.75 Å². The van der Waals surface area contributed by atoms with Crippen molar-refractivity contribution in [2.75, 3.05) is 14.2 Å². The Morgan fingerprint density at radius 2 is 1.83 bits per heavy atom. The molecule has 0 bridgehead atoms. The van der Waals surface area contributed by atoms with Crippen LogP contribution < -0.4 is 4.74 Å². The zero-order valence-corrected chi connectivity index (χ0v) is 12.7. The quantitative estimate of drug-likeness (QED) is 0.851. The minimum absolute atomic E-state index is 0.0544. The van der Waals surface area contributed by atoms with Crippen molar-refractivity contribution in [1.29, 1.82) is 0 Å². The van der Waals surface area contributed by atoms with Gasteiger partial charge in [0.05, 0.1) is 12.7 Å². The molecule has 0 fully saturated rings. The molecule has 0 N–H and O–H groups in total. The van der Waals surface area contributed by atoms with Crippen LogP contribution in [0.25, 0.3) is 0 Å². The highest BCUT2D eigenvalue weighted by Gasteiger charge is 2.33. The maximum absolute atomic E-state index is 13.0. The number of benzene rings is 2. The lowest BCUT2D eigenvalue weighted by Crippen LogP contribution is -2.27. The van der Waals surface area contributed by atoms with Crippen molar-refractivity contribution in [1.82, 2.24) is 4.90 Å². The largest absolute Gasteiger partial charge is 0.497 e. The van der Waals surface area contributed by atoms with E-state index in [0.717, 1.165) is 6.07 Å². The summed E-state index contributed by atoms with van der Waals surface area (Å²) in [5.41, 5.74) is -0.319. The number of amides is 1. The molecule has 0 aromatic heterocycles. The summed E-state index contributed by atoms with van der Waals surface area (Å²) in [6.45, 7) is -0.133. The Hall–Kier alpha value is -2.50. The van der Waals surface area contributed by atoms with Gasteiger partial charge < -0.3 is 9.64 Å². The molecule has 6 heteroatoms. The second-order valence-corrected chi connectivity index (χ2v) is 5.05. The summed E-state index contributed by atoms with van der Waals surface area (Å²) in [5, 5.41) is 0. The SMILES string of the molecule is COc1cccc(C(=O)N(C)Cc2ccccc2C(F)(F)F)c1. The van der Waals surface area contributed by atoms with E-state index in [4.69, 9.17) is 4.74 Å². The molecule has 122 valence electrons. The summed E-state index contributed by atoms with van der Waals surface area (Å²) in [6, 6.07) is 11.7. The molecule has 0 aliphatic carbocycles. The zero-order valence-electron chi connectivity index (χ0n) is 12.7. The van der Waals surface area contributed by atoms with Crippen molar-refractivity contribution < 1.29 is 22.7 Å². The van der Waals surface area contributed by atoms with Gasteiger partial charge in [-0.2, -0.15) is 13.2 Å². The summed E-state index contributed by atoms with van der Waals surface area (Å²) >= 11 is 0. The molecule has 0 aliphatic heterocycles. The number of hydrogen-bond donors (Lipinski definition) is 0. The lowest BCUT2D eigenvalue weighted by molar-refractivity contribution is -0.138. The monoisotopic (exact) mass is 323 g/mol. The second kappa shape index (κ2) is 6.73. The van der Waals surface area contributed by atoms with Crippen LogP contribution >= 0.6 is 0 Å². The first kappa shape index (κ1) is 16.9. The third kappa shape index (κ3) is 4.03. The molecule has 2 rings (SSSR count). The van der Waals surface area contributed by atoms with Crippen LogP contribution in [0.1, 0.15) is 21.5 Å². The second-order valence-electron chi connectivity index (χ2n) is 5.05. The fourth-order valence-electron chi connectivity index (χ4n) is 2.24. The number of rotatable bonds is 4. The molecule has 3 nitrogen and oxygen atoms in total. The maximum atomic E-state index is 13.0. The highest BCUT2D eigenvalue weighted by Crippen LogP contribution is 2.32. The third-order valence-corrected chi connectivity index (χ3v) is 3.39. The molecule has 0 spiro atoms. The van der Waals surface area contributed by atoms with Crippen LogP contribution in [0.15, 0.2) is 48.5 Å². The van der Waals surface area contributed by atoms with Crippen molar-refractivity contribution in [3.8, 4) is 5.75 Å². The molecule has 0 aliphatic rings. The van der Waals surface area contributed by atoms with E-state index < -0.39 is 11.7 Å². The molecule has 0 saturated carbocycles. The Balaban J connectivity index is 2.22. The summed E-state index contributed by atoms with van der Waals surface area (Å²) in [7, 11) is 2.95. The average molecular weight is 323 g/mol. The molecule has 2 aromatic rings. The first-order valence-corrected chi connectivity index (χ1v) is 6.87. The van der Waals surface area contributed by atoms with Crippen molar-refractivity contribution in [3.05, 3.63) is 65.2 Å². The van der Waals surface area contributed by atoms with Gasteiger partial charge in [-0.15, -0.1) is 0 Å². The van der Waals surface area contributed by atoms with Gasteiger partial charge in [-0.25, -0.2) is 0 Å². The molecule has 0 atom stereocenters. The van der Waals surface area contributed by atoms with Crippen molar-refractivity contribution in [2.24, 2.45) is 0 Å². The molecule has 1 amide bonds. The van der Waals surface area contributed by atoms with E-state index in [1.54, 1.807) is 24.3 Å². The summed E-state index contributed by atoms with van der Waals surface area (Å²) in [6.07, 6.45) is -4.45. The molecule has 0 saturated heterocycles. The van der Waals surface area contributed by atoms with Crippen LogP contribution in [0.2, 0.25) is 0 Å². The van der Waals surface area contributed by atoms with Gasteiger partial charge in [0.25, 0.3) is 5.91 Å². The first-order chi connectivity index (χ1) is 10.8. The molecule has 0 unspecified atom stereocenters. The van der Waals surface area contributed by atoms with Crippen molar-refractivity contribution in [3.63, 3.8) is 0 Å². The fraction of sp³-hybridized carbons (Fsp3) is 0.235. The average Bonchev–Trinajstić information content (AvgIpc) is 2.53. The Kier molecular flexibility index (Phi) is 4.93. The summed E-state index contributed by atoms with van der Waals surface area (Å²) < 4.78 is 44.1. The fourth-order valence-corrected chi connectivity index (χ4v) is 2.24. The smallest absolute Gasteiger partial charge is 0.416 e. The maximum Gasteiger partial charge on any atom is 0.416 e. The van der Waals surface area contributed by atoms with E-state index in [1.165, 1.54) is 37.3 Å². The van der Waals surface area contributed by atoms with E-state index in [2.05, 4.69) is 0 Å². The minimum Gasteiger partial charge on any atom is -0.497 e. The van der Waals surface area contributed by atoms with E-state index >= 15 is 0 Å². The predicted molar refractivity (Wildman–Crippen MR) is 80.2 cm³/mol. The predicted octanol–water partition coefficient (Wildman–Crippen LogP) is 3.99. The number of carbonyl (C=O) groups is 1. The van der Waals surface area contributed by atoms with Crippen LogP contribution in [0.5, 0.6) is 5.75 Å². The van der Waals surface area contributed by atoms with E-state index in [1.807, 2.05) is 0 Å². The number of carbonyl (C=O) groups excluding carboxylic acids is 1. The first-order valence-electron chi connectivity index (χ1n) is 6.87. The Labute approximate surface area is 132 Å². The third-order valence-electron chi connectivity index (χ3n) is 3.39. The van der Waals surface area contributed by atoms with Gasteiger partial charge in [0, 0.05) is 19.2 Å². The van der Waals surface area contributed by atoms with E-state index in [9.17, 15) is 18.0 Å². The van der Waals surface area contributed by atoms with E-state index in [0.29, 0.717) is 11.3 Å². The van der Waals surface area contributed by atoms with Gasteiger partial charge in [-0.05, 0) is 29.8 Å². The molecule has 2 aromatic carbocycles. The summed E-state index contributed by atoms with van der Waals surface area (Å²) in [5.74, 6) is 0.140. The Bertz CT molecular complexity index is 698. The topological polar surface area (TPSA) is 29.5 Å². The normalized spacial score (nSPS) is 11.2. The molecular weight excluding hydrogens is 307 g/mol. The number of halogens is 3. The Morgan fingerprint density at radius 3 is 2.48 bits per heavy atom. The van der Waals surface area contributed by atoms with Gasteiger partial charge in [-0.3, -0.25) is 4.79 Å². The van der Waals surface area contributed by atoms with Crippen LogP contribution in [-0.4, -0.2) is 25.0 Å². The highest BCUT2D eigenvalue weighted by molar-refractivity contribution is 5.94. The van der Waals surface area contributed by atoms with E-state index in [-0.39, 0.29) is 18.0 Å². The molecular formula is C17H16F3NO2. The minimum atomic E-state index is -4.45. The Morgan fingerprint density at radius 1 is 1.13 bits per heavy atom. The standard InChI is InChI=1S/C17H16F3NO2/c1-21(16(22)12-7-5-8-14(10-12)23-2)11-13-6-3-4-9-15(13)17(18,19)20/h3-10H,11H2,1-2H3. The van der Waals surface area contributed by atoms with Crippen LogP contribution in [0.4, 0.5) is 13.2 Å². The van der Waals surface area contributed by atoms with Crippen LogP contribution in [0.3, 0.4) is 0 Å².